The van der Waals surface area contributed by atoms with Gasteiger partial charge in [0.25, 0.3) is 5.91 Å². The molecule has 42 heavy (non-hydrogen) atoms. The fraction of sp³-hybridized carbons (Fsp3) is 0.545. The molecule has 2 amide bonds. The van der Waals surface area contributed by atoms with Crippen molar-refractivity contribution in [2.45, 2.75) is 83.8 Å². The number of hydrogen-bond donors (Lipinski definition) is 2. The number of benzene rings is 2. The highest BCUT2D eigenvalue weighted by Crippen LogP contribution is 2.45. The molecule has 0 saturated carbocycles. The number of esters is 1. The van der Waals surface area contributed by atoms with Gasteiger partial charge in [-0.15, -0.1) is 0 Å². The van der Waals surface area contributed by atoms with E-state index < -0.39 is 16.6 Å². The van der Waals surface area contributed by atoms with Crippen LogP contribution in [0.4, 0.5) is 4.79 Å². The predicted molar refractivity (Wildman–Crippen MR) is 161 cm³/mol. The number of ether oxygens (including phenoxy) is 3. The van der Waals surface area contributed by atoms with Gasteiger partial charge in [-0.05, 0) is 84.6 Å². The Labute approximate surface area is 249 Å². The topological polar surface area (TPSA) is 114 Å². The van der Waals surface area contributed by atoms with Gasteiger partial charge < -0.3 is 29.5 Å². The normalized spacial score (nSPS) is 15.1. The number of piperidine rings is 1. The lowest BCUT2D eigenvalue weighted by Crippen LogP contribution is -2.47. The summed E-state index contributed by atoms with van der Waals surface area (Å²) in [5, 5.41) is 13.9. The molecule has 0 radical (unpaired) electrons. The summed E-state index contributed by atoms with van der Waals surface area (Å²) >= 11 is 0. The lowest BCUT2D eigenvalue weighted by Gasteiger charge is -2.43. The summed E-state index contributed by atoms with van der Waals surface area (Å²) in [6.45, 7) is 13.0. The number of carbonyl (C=O) groups is 3. The number of hydrogen-bond acceptors (Lipinski definition) is 7. The van der Waals surface area contributed by atoms with E-state index in [1.54, 1.807) is 23.1 Å². The Kier molecular flexibility index (Phi) is 11.0. The summed E-state index contributed by atoms with van der Waals surface area (Å²) in [5.74, 6) is -0.443. The summed E-state index contributed by atoms with van der Waals surface area (Å²) in [6, 6.07) is 14.8. The molecule has 0 atom stereocenters. The third-order valence-corrected chi connectivity index (χ3v) is 6.99. The largest absolute Gasteiger partial charge is 0.508 e. The van der Waals surface area contributed by atoms with Crippen molar-refractivity contribution in [3.05, 3.63) is 65.2 Å². The van der Waals surface area contributed by atoms with Crippen LogP contribution in [0.5, 0.6) is 5.75 Å². The van der Waals surface area contributed by atoms with Crippen LogP contribution in [-0.4, -0.2) is 72.0 Å². The van der Waals surface area contributed by atoms with Crippen LogP contribution in [-0.2, 0) is 24.4 Å². The molecule has 0 unspecified atom stereocenters. The minimum absolute atomic E-state index is 0.111. The van der Waals surface area contributed by atoms with Gasteiger partial charge in [0.2, 0.25) is 0 Å². The minimum atomic E-state index is -0.586. The minimum Gasteiger partial charge on any atom is -0.508 e. The third-order valence-electron chi connectivity index (χ3n) is 6.99. The first kappa shape index (κ1) is 32.9. The number of nitrogens with zero attached hydrogens (tertiary/aromatic N) is 1. The molecule has 2 aromatic rings. The molecule has 0 aliphatic carbocycles. The maximum atomic E-state index is 13.1. The van der Waals surface area contributed by atoms with Crippen LogP contribution in [0.3, 0.4) is 0 Å². The number of phenols is 1. The average Bonchev–Trinajstić information content (AvgIpc) is 2.91. The first-order valence-corrected chi connectivity index (χ1v) is 14.6. The molecule has 1 aliphatic heterocycles. The highest BCUT2D eigenvalue weighted by atomic mass is 16.6. The summed E-state index contributed by atoms with van der Waals surface area (Å²) in [4.78, 5) is 39.3. The first-order chi connectivity index (χ1) is 19.7. The monoisotopic (exact) mass is 582 g/mol. The highest BCUT2D eigenvalue weighted by Gasteiger charge is 2.41. The maximum Gasteiger partial charge on any atom is 0.410 e. The smallest absolute Gasteiger partial charge is 0.410 e. The molecule has 2 aromatic carbocycles. The van der Waals surface area contributed by atoms with Gasteiger partial charge in [0.15, 0.2) is 0 Å². The van der Waals surface area contributed by atoms with E-state index in [4.69, 9.17) is 14.2 Å². The molecular weight excluding hydrogens is 536 g/mol. The average molecular weight is 583 g/mol. The molecule has 1 heterocycles. The van der Waals surface area contributed by atoms with E-state index in [-0.39, 0.29) is 36.7 Å². The van der Waals surface area contributed by atoms with Gasteiger partial charge in [-0.3, -0.25) is 9.59 Å². The summed E-state index contributed by atoms with van der Waals surface area (Å²) < 4.78 is 16.4. The van der Waals surface area contributed by atoms with E-state index in [0.29, 0.717) is 56.6 Å². The van der Waals surface area contributed by atoms with Gasteiger partial charge >= 0.3 is 12.1 Å². The van der Waals surface area contributed by atoms with Crippen molar-refractivity contribution in [1.29, 1.82) is 0 Å². The molecular formula is C33H46N2O7. The van der Waals surface area contributed by atoms with Crippen molar-refractivity contribution in [1.82, 2.24) is 10.2 Å². The zero-order valence-electron chi connectivity index (χ0n) is 25.8. The number of rotatable bonds is 10. The molecule has 230 valence electrons. The Morgan fingerprint density at radius 1 is 0.905 bits per heavy atom. The zero-order chi connectivity index (χ0) is 31.0. The van der Waals surface area contributed by atoms with Gasteiger partial charge in [0.1, 0.15) is 17.0 Å². The third kappa shape index (κ3) is 9.48. The van der Waals surface area contributed by atoms with Crippen LogP contribution in [0.25, 0.3) is 0 Å². The highest BCUT2D eigenvalue weighted by molar-refractivity contribution is 5.94. The van der Waals surface area contributed by atoms with Crippen molar-refractivity contribution in [2.24, 2.45) is 0 Å². The lowest BCUT2D eigenvalue weighted by molar-refractivity contribution is -0.156. The molecule has 1 saturated heterocycles. The Balaban J connectivity index is 1.64. The first-order valence-electron chi connectivity index (χ1n) is 14.6. The molecule has 9 nitrogen and oxygen atoms in total. The maximum absolute atomic E-state index is 13.1. The molecule has 0 aromatic heterocycles. The molecule has 0 spiro atoms. The van der Waals surface area contributed by atoms with E-state index in [0.717, 1.165) is 5.56 Å². The van der Waals surface area contributed by atoms with Crippen molar-refractivity contribution < 1.29 is 33.7 Å². The van der Waals surface area contributed by atoms with E-state index in [2.05, 4.69) is 5.32 Å². The fourth-order valence-corrected chi connectivity index (χ4v) is 5.06. The van der Waals surface area contributed by atoms with Crippen molar-refractivity contribution in [2.75, 3.05) is 32.8 Å². The van der Waals surface area contributed by atoms with E-state index >= 15 is 0 Å². The van der Waals surface area contributed by atoms with Crippen LogP contribution < -0.4 is 5.32 Å². The molecule has 1 aliphatic rings. The summed E-state index contributed by atoms with van der Waals surface area (Å²) in [7, 11) is 0. The molecule has 0 bridgehead atoms. The predicted octanol–water partition coefficient (Wildman–Crippen LogP) is 5.58. The number of amides is 2. The van der Waals surface area contributed by atoms with Crippen LogP contribution in [0.15, 0.2) is 48.5 Å². The van der Waals surface area contributed by atoms with E-state index in [9.17, 15) is 19.5 Å². The Morgan fingerprint density at radius 3 is 2.17 bits per heavy atom. The van der Waals surface area contributed by atoms with Crippen LogP contribution in [0.2, 0.25) is 0 Å². The Morgan fingerprint density at radius 2 is 1.55 bits per heavy atom. The SMILES string of the molecule is CC(C)(C)OC(=O)CCOCCCNC(=O)c1ccc(O)c(C2(c3ccccc3)CCN(C(=O)OC(C)(C)C)CC2)c1. The molecule has 1 fully saturated rings. The fourth-order valence-electron chi connectivity index (χ4n) is 5.06. The van der Waals surface area contributed by atoms with Crippen LogP contribution in [0.1, 0.15) is 88.7 Å². The van der Waals surface area contributed by atoms with Crippen molar-refractivity contribution >= 4 is 18.0 Å². The number of phenolic OH excluding ortho intramolecular Hbond substituents is 1. The Bertz CT molecular complexity index is 1210. The number of nitrogens with one attached hydrogen (secondary N) is 1. The lowest BCUT2D eigenvalue weighted by atomic mass is 9.67. The molecule has 3 rings (SSSR count). The second kappa shape index (κ2) is 14.1. The number of aromatic hydroxyl groups is 1. The summed E-state index contributed by atoms with van der Waals surface area (Å²) in [6.07, 6.45) is 1.54. The van der Waals surface area contributed by atoms with E-state index in [1.807, 2.05) is 71.9 Å². The van der Waals surface area contributed by atoms with Crippen molar-refractivity contribution in [3.63, 3.8) is 0 Å². The van der Waals surface area contributed by atoms with Gasteiger partial charge in [-0.25, -0.2) is 4.79 Å². The van der Waals surface area contributed by atoms with Gasteiger partial charge in [0.05, 0.1) is 13.0 Å². The Hall–Kier alpha value is -3.59. The molecule has 9 heteroatoms. The number of likely N-dealkylation sites (tertiary alicyclic amines) is 1. The van der Waals surface area contributed by atoms with Gasteiger partial charge in [-0.2, -0.15) is 0 Å². The van der Waals surface area contributed by atoms with Crippen molar-refractivity contribution in [3.8, 4) is 5.75 Å². The van der Waals surface area contributed by atoms with Crippen LogP contribution >= 0.6 is 0 Å². The zero-order valence-corrected chi connectivity index (χ0v) is 25.8. The second-order valence-electron chi connectivity index (χ2n) is 12.7. The van der Waals surface area contributed by atoms with Gasteiger partial charge in [0, 0.05) is 42.8 Å². The van der Waals surface area contributed by atoms with Gasteiger partial charge in [-0.1, -0.05) is 30.3 Å². The standard InChI is InChI=1S/C33H46N2O7/c1-31(2,3)41-28(37)15-22-40-21-10-18-34-29(38)24-13-14-27(36)26(23-24)33(25-11-8-7-9-12-25)16-19-35(20-17-33)30(39)42-32(4,5)6/h7-9,11-14,23,36H,10,15-22H2,1-6H3,(H,34,38). The summed E-state index contributed by atoms with van der Waals surface area (Å²) in [5.41, 5.74) is 0.437. The quantitative estimate of drug-likeness (QED) is 0.278. The van der Waals surface area contributed by atoms with Crippen LogP contribution in [0, 0.1) is 0 Å². The number of carbonyl (C=O) groups excluding carboxylic acids is 3. The second-order valence-corrected chi connectivity index (χ2v) is 12.7. The molecule has 2 N–H and O–H groups in total. The van der Waals surface area contributed by atoms with E-state index in [1.165, 1.54) is 0 Å².